The molecule has 178 valence electrons. The van der Waals surface area contributed by atoms with E-state index in [9.17, 15) is 0 Å². The number of allylic oxidation sites excluding steroid dienone is 3. The Morgan fingerprint density at radius 2 is 1.49 bits per heavy atom. The fraction of sp³-hybridized carbons (Fsp3) is 0.0645. The van der Waals surface area contributed by atoms with Crippen LogP contribution in [0.2, 0.25) is 0 Å². The Kier molecular flexibility index (Phi) is 4.07. The smallest absolute Gasteiger partial charge is 0.385 e. The second kappa shape index (κ2) is 7.28. The van der Waals surface area contributed by atoms with Crippen LogP contribution in [0.15, 0.2) is 118 Å². The van der Waals surface area contributed by atoms with E-state index in [1.807, 2.05) is 0 Å². The number of aromatic nitrogens is 1. The lowest BCUT2D eigenvalue weighted by molar-refractivity contribution is -0.669. The molecule has 9 rings (SSSR count). The van der Waals surface area contributed by atoms with Gasteiger partial charge in [-0.2, -0.15) is 4.57 Å². The maximum Gasteiger partial charge on any atom is 0.385 e. The summed E-state index contributed by atoms with van der Waals surface area (Å²) in [6.45, 7) is 1.40. The highest BCUT2D eigenvalue weighted by molar-refractivity contribution is 5.94. The van der Waals surface area contributed by atoms with Crippen molar-refractivity contribution in [3.63, 3.8) is 0 Å². The van der Waals surface area contributed by atoms with Gasteiger partial charge in [-0.15, -0.1) is 0 Å². The molecule has 5 nitrogen and oxygen atoms in total. The van der Waals surface area contributed by atoms with Gasteiger partial charge in [0.15, 0.2) is 12.3 Å². The second-order valence-corrected chi connectivity index (χ2v) is 9.58. The second-order valence-electron chi connectivity index (χ2n) is 9.58. The molecule has 0 fully saturated rings. The standard InChI is InChI=1S/C31H19N2O3.ClH/c1-3-7-20-15-28-24(13-18(20)5-1)32-11-9-26-22(30(32)35-28)17-23-27(34-26)10-12-33-25-14-19-6-2-4-8-21(19)16-29(25)36-31(23)33;/h1-10,13-17H,11-12H2;1H/q+1;/p-1. The van der Waals surface area contributed by atoms with Crippen LogP contribution in [0.1, 0.15) is 5.89 Å². The Labute approximate surface area is 218 Å². The van der Waals surface area contributed by atoms with Gasteiger partial charge in [0.05, 0.1) is 11.3 Å². The van der Waals surface area contributed by atoms with Crippen LogP contribution in [-0.4, -0.2) is 6.54 Å². The number of rotatable bonds is 0. The number of hydrogen-bond donors (Lipinski definition) is 0. The Morgan fingerprint density at radius 3 is 2.30 bits per heavy atom. The molecule has 4 aromatic carbocycles. The Bertz CT molecular complexity index is 1960. The van der Waals surface area contributed by atoms with Crippen LogP contribution in [0.5, 0.6) is 5.75 Å². The van der Waals surface area contributed by atoms with Gasteiger partial charge in [-0.25, -0.2) is 0 Å². The van der Waals surface area contributed by atoms with Crippen molar-refractivity contribution < 1.29 is 30.9 Å². The highest BCUT2D eigenvalue weighted by atomic mass is 35.5. The minimum absolute atomic E-state index is 0. The van der Waals surface area contributed by atoms with E-state index in [0.29, 0.717) is 13.1 Å². The first-order valence-electron chi connectivity index (χ1n) is 12.2. The van der Waals surface area contributed by atoms with Crippen LogP contribution in [-0.2, 0) is 11.3 Å². The average Bonchev–Trinajstić information content (AvgIpc) is 3.47. The normalized spacial score (nSPS) is 17.0. The van der Waals surface area contributed by atoms with E-state index >= 15 is 0 Å². The number of benzene rings is 4. The third-order valence-corrected chi connectivity index (χ3v) is 7.56. The number of fused-ring (bicyclic) bond motifs is 11. The van der Waals surface area contributed by atoms with Crippen LogP contribution in [0.4, 0.5) is 5.69 Å². The van der Waals surface area contributed by atoms with Gasteiger partial charge in [0.2, 0.25) is 11.5 Å². The van der Waals surface area contributed by atoms with Crippen molar-refractivity contribution in [3.8, 4) is 5.75 Å². The first-order valence-corrected chi connectivity index (χ1v) is 12.2. The van der Waals surface area contributed by atoms with Gasteiger partial charge < -0.3 is 31.2 Å². The van der Waals surface area contributed by atoms with E-state index in [4.69, 9.17) is 13.9 Å². The summed E-state index contributed by atoms with van der Waals surface area (Å²) in [6.07, 6.45) is 6.42. The molecule has 0 aliphatic carbocycles. The van der Waals surface area contributed by atoms with Gasteiger partial charge in [0.1, 0.15) is 17.1 Å². The lowest BCUT2D eigenvalue weighted by Gasteiger charge is -2.29. The third-order valence-electron chi connectivity index (χ3n) is 7.56. The number of oxazole rings is 1. The summed E-state index contributed by atoms with van der Waals surface area (Å²) in [6, 6.07) is 25.4. The molecule has 0 saturated heterocycles. The van der Waals surface area contributed by atoms with Gasteiger partial charge in [-0.3, -0.25) is 0 Å². The molecule has 0 radical (unpaired) electrons. The zero-order valence-corrected chi connectivity index (χ0v) is 20.3. The minimum Gasteiger partial charge on any atom is -1.00 e. The van der Waals surface area contributed by atoms with Crippen LogP contribution in [0.3, 0.4) is 0 Å². The number of halogens is 1. The lowest BCUT2D eigenvalue weighted by atomic mass is 10.00. The van der Waals surface area contributed by atoms with Crippen LogP contribution in [0.25, 0.3) is 38.2 Å². The molecule has 0 saturated carbocycles. The fourth-order valence-electron chi connectivity index (χ4n) is 5.80. The van der Waals surface area contributed by atoms with Crippen LogP contribution >= 0.6 is 0 Å². The fourth-order valence-corrected chi connectivity index (χ4v) is 5.80. The first kappa shape index (κ1) is 20.7. The monoisotopic (exact) mass is 502 g/mol. The van der Waals surface area contributed by atoms with Gasteiger partial charge in [0.25, 0.3) is 5.52 Å². The van der Waals surface area contributed by atoms with Crippen molar-refractivity contribution in [3.05, 3.63) is 120 Å². The summed E-state index contributed by atoms with van der Waals surface area (Å²) in [5, 5.41) is 4.74. The molecule has 4 aliphatic rings. The van der Waals surface area contributed by atoms with Gasteiger partial charge in [-0.05, 0) is 51.9 Å². The van der Waals surface area contributed by atoms with E-state index in [1.54, 1.807) is 0 Å². The molecular formula is C31H19ClN2O3. The molecule has 0 unspecified atom stereocenters. The summed E-state index contributed by atoms with van der Waals surface area (Å²) >= 11 is 0. The maximum absolute atomic E-state index is 6.45. The van der Waals surface area contributed by atoms with Crippen molar-refractivity contribution in [2.45, 2.75) is 6.54 Å². The maximum atomic E-state index is 6.45. The number of anilines is 1. The Morgan fingerprint density at radius 1 is 0.757 bits per heavy atom. The Hall–Kier alpha value is -4.48. The number of hydrogen-bond acceptors (Lipinski definition) is 4. The van der Waals surface area contributed by atoms with E-state index in [2.05, 4.69) is 100 Å². The number of ether oxygens (including phenoxy) is 2. The van der Waals surface area contributed by atoms with E-state index in [-0.39, 0.29) is 12.4 Å². The van der Waals surface area contributed by atoms with Crippen LogP contribution in [0, 0.1) is 0 Å². The SMILES string of the molecule is C1=C2OC3=CCN4C(=C3C=C2c2oc3cc5ccccc5cc3[n+]2C1)Oc1cc2ccccc2cc14.[Cl-]. The molecule has 4 aliphatic heterocycles. The highest BCUT2D eigenvalue weighted by Crippen LogP contribution is 2.48. The van der Waals surface area contributed by atoms with Gasteiger partial charge in [0, 0.05) is 18.7 Å². The van der Waals surface area contributed by atoms with Crippen molar-refractivity contribution in [2.24, 2.45) is 0 Å². The molecule has 0 N–H and O–H groups in total. The molecule has 5 heterocycles. The summed E-state index contributed by atoms with van der Waals surface area (Å²) in [5.74, 6) is 4.17. The lowest BCUT2D eigenvalue weighted by Crippen LogP contribution is -3.00. The zero-order chi connectivity index (χ0) is 23.4. The largest absolute Gasteiger partial charge is 1.00 e. The topological polar surface area (TPSA) is 38.7 Å². The van der Waals surface area contributed by atoms with E-state index in [1.165, 1.54) is 21.5 Å². The summed E-state index contributed by atoms with van der Waals surface area (Å²) in [5.41, 5.74) is 4.92. The minimum atomic E-state index is 0. The Balaban J connectivity index is 0.00000215. The third kappa shape index (κ3) is 2.77. The molecule has 5 aromatic rings. The predicted molar refractivity (Wildman–Crippen MR) is 138 cm³/mol. The van der Waals surface area contributed by atoms with Crippen molar-refractivity contribution in [2.75, 3.05) is 11.4 Å². The van der Waals surface area contributed by atoms with E-state index < -0.39 is 0 Å². The summed E-state index contributed by atoms with van der Waals surface area (Å²) < 4.78 is 21.5. The molecular weight excluding hydrogens is 484 g/mol. The van der Waals surface area contributed by atoms with E-state index in [0.717, 1.165) is 57.0 Å². The molecule has 6 heteroatoms. The summed E-state index contributed by atoms with van der Waals surface area (Å²) in [7, 11) is 0. The molecule has 0 bridgehead atoms. The first-order chi connectivity index (χ1) is 17.8. The quantitative estimate of drug-likeness (QED) is 0.304. The molecule has 0 atom stereocenters. The average molecular weight is 503 g/mol. The van der Waals surface area contributed by atoms with Crippen molar-refractivity contribution in [1.82, 2.24) is 0 Å². The van der Waals surface area contributed by atoms with Crippen LogP contribution < -0.4 is 26.6 Å². The molecule has 1 aromatic heterocycles. The molecule has 37 heavy (non-hydrogen) atoms. The molecule has 0 spiro atoms. The van der Waals surface area contributed by atoms with Gasteiger partial charge >= 0.3 is 5.89 Å². The van der Waals surface area contributed by atoms with Gasteiger partial charge in [-0.1, -0.05) is 48.5 Å². The van der Waals surface area contributed by atoms with Crippen molar-refractivity contribution in [1.29, 1.82) is 0 Å². The summed E-state index contributed by atoms with van der Waals surface area (Å²) in [4.78, 5) is 2.22. The predicted octanol–water partition coefficient (Wildman–Crippen LogP) is 3.35. The van der Waals surface area contributed by atoms with Crippen molar-refractivity contribution >= 4 is 43.9 Å². The molecule has 0 amide bonds. The zero-order valence-electron chi connectivity index (χ0n) is 19.6. The highest BCUT2D eigenvalue weighted by Gasteiger charge is 2.40. The number of nitrogens with zero attached hydrogens (tertiary/aromatic N) is 2.